The van der Waals surface area contributed by atoms with Crippen LogP contribution >= 0.6 is 0 Å². The van der Waals surface area contributed by atoms with E-state index >= 15 is 0 Å². The van der Waals surface area contributed by atoms with Crippen molar-refractivity contribution in [1.29, 1.82) is 0 Å². The highest BCUT2D eigenvalue weighted by atomic mass is 19.1. The number of carbonyl (C=O) groups excluding carboxylic acids is 1. The molecule has 0 saturated carbocycles. The number of aromatic nitrogens is 2. The largest absolute Gasteiger partial charge is 0.497 e. The van der Waals surface area contributed by atoms with Crippen LogP contribution in [0.25, 0.3) is 11.3 Å². The molecule has 0 radical (unpaired) electrons. The van der Waals surface area contributed by atoms with E-state index in [2.05, 4.69) is 15.5 Å². The number of aromatic amines is 1. The summed E-state index contributed by atoms with van der Waals surface area (Å²) in [6, 6.07) is 9.97. The molecule has 0 aliphatic carbocycles. The molecule has 0 bridgehead atoms. The number of amides is 1. The number of benzene rings is 2. The molecule has 0 saturated heterocycles. The molecule has 0 aliphatic rings. The van der Waals surface area contributed by atoms with Crippen molar-refractivity contribution in [3.63, 3.8) is 0 Å². The molecule has 0 aliphatic heterocycles. The van der Waals surface area contributed by atoms with Crippen molar-refractivity contribution in [3.8, 4) is 22.8 Å². The molecular formula is C19H17F2N3O3. The first-order valence-electron chi connectivity index (χ1n) is 8.01. The van der Waals surface area contributed by atoms with Crippen molar-refractivity contribution in [2.45, 2.75) is 6.54 Å². The van der Waals surface area contributed by atoms with Crippen LogP contribution < -0.4 is 14.8 Å². The monoisotopic (exact) mass is 373 g/mol. The average molecular weight is 373 g/mol. The number of nitrogens with one attached hydrogen (secondary N) is 2. The van der Waals surface area contributed by atoms with E-state index in [-0.39, 0.29) is 17.8 Å². The number of nitrogens with zero attached hydrogens (tertiary/aromatic N) is 1. The van der Waals surface area contributed by atoms with E-state index in [1.807, 2.05) is 0 Å². The minimum Gasteiger partial charge on any atom is -0.497 e. The molecule has 0 fully saturated rings. The van der Waals surface area contributed by atoms with Crippen molar-refractivity contribution >= 4 is 5.91 Å². The summed E-state index contributed by atoms with van der Waals surface area (Å²) < 4.78 is 37.1. The van der Waals surface area contributed by atoms with E-state index in [1.165, 1.54) is 13.2 Å². The number of ether oxygens (including phenoxy) is 2. The SMILES string of the molecule is COc1ccc(-c2cc(C(=O)NCc3ccc(F)cc3F)[nH]n2)c(OC)c1. The number of hydrogen-bond acceptors (Lipinski definition) is 4. The Balaban J connectivity index is 1.74. The molecule has 0 atom stereocenters. The Labute approximate surface area is 154 Å². The molecule has 6 nitrogen and oxygen atoms in total. The Morgan fingerprint density at radius 3 is 2.63 bits per heavy atom. The predicted octanol–water partition coefficient (Wildman–Crippen LogP) is 3.30. The highest BCUT2D eigenvalue weighted by Gasteiger charge is 2.15. The van der Waals surface area contributed by atoms with Gasteiger partial charge in [-0.25, -0.2) is 8.78 Å². The normalized spacial score (nSPS) is 10.5. The van der Waals surface area contributed by atoms with Gasteiger partial charge in [-0.1, -0.05) is 6.07 Å². The minimum atomic E-state index is -0.719. The quantitative estimate of drug-likeness (QED) is 0.695. The molecule has 3 rings (SSSR count). The summed E-state index contributed by atoms with van der Waals surface area (Å²) in [5.41, 5.74) is 1.57. The summed E-state index contributed by atoms with van der Waals surface area (Å²) in [5, 5.41) is 9.33. The first kappa shape index (κ1) is 18.4. The van der Waals surface area contributed by atoms with Gasteiger partial charge in [-0.3, -0.25) is 9.89 Å². The third-order valence-electron chi connectivity index (χ3n) is 3.96. The number of methoxy groups -OCH3 is 2. The van der Waals surface area contributed by atoms with Gasteiger partial charge >= 0.3 is 0 Å². The number of halogens is 2. The summed E-state index contributed by atoms with van der Waals surface area (Å²) in [7, 11) is 3.07. The Morgan fingerprint density at radius 1 is 1.11 bits per heavy atom. The van der Waals surface area contributed by atoms with Gasteiger partial charge in [0.2, 0.25) is 0 Å². The minimum absolute atomic E-state index is 0.0782. The van der Waals surface area contributed by atoms with Crippen molar-refractivity contribution in [2.75, 3.05) is 14.2 Å². The molecule has 2 aromatic carbocycles. The van der Waals surface area contributed by atoms with E-state index in [9.17, 15) is 13.6 Å². The van der Waals surface area contributed by atoms with E-state index in [0.29, 0.717) is 22.8 Å². The molecule has 3 aromatic rings. The van der Waals surface area contributed by atoms with Crippen LogP contribution in [0.3, 0.4) is 0 Å². The van der Waals surface area contributed by atoms with E-state index in [4.69, 9.17) is 9.47 Å². The molecular weight excluding hydrogens is 356 g/mol. The van der Waals surface area contributed by atoms with Gasteiger partial charge in [-0.15, -0.1) is 0 Å². The zero-order chi connectivity index (χ0) is 19.4. The summed E-state index contributed by atoms with van der Waals surface area (Å²) in [4.78, 5) is 12.3. The number of H-pyrrole nitrogens is 1. The molecule has 8 heteroatoms. The fourth-order valence-electron chi connectivity index (χ4n) is 2.52. The molecule has 0 unspecified atom stereocenters. The second-order valence-corrected chi connectivity index (χ2v) is 5.65. The first-order valence-corrected chi connectivity index (χ1v) is 8.01. The zero-order valence-electron chi connectivity index (χ0n) is 14.7. The third kappa shape index (κ3) is 4.05. The lowest BCUT2D eigenvalue weighted by atomic mass is 10.1. The topological polar surface area (TPSA) is 76.2 Å². The Morgan fingerprint density at radius 2 is 1.93 bits per heavy atom. The van der Waals surface area contributed by atoms with E-state index in [1.54, 1.807) is 31.4 Å². The van der Waals surface area contributed by atoms with Crippen molar-refractivity contribution in [3.05, 3.63) is 65.4 Å². The second-order valence-electron chi connectivity index (χ2n) is 5.65. The van der Waals surface area contributed by atoms with E-state index < -0.39 is 17.5 Å². The summed E-state index contributed by atoms with van der Waals surface area (Å²) in [5.74, 6) is -0.686. The van der Waals surface area contributed by atoms with Crippen LogP contribution in [0.15, 0.2) is 42.5 Å². The number of hydrogen-bond donors (Lipinski definition) is 2. The second kappa shape index (κ2) is 7.86. The first-order chi connectivity index (χ1) is 13.0. The third-order valence-corrected chi connectivity index (χ3v) is 3.96. The van der Waals surface area contributed by atoms with Crippen LogP contribution in [-0.2, 0) is 6.54 Å². The van der Waals surface area contributed by atoms with Crippen LogP contribution in [0.5, 0.6) is 11.5 Å². The van der Waals surface area contributed by atoms with Crippen LogP contribution in [0.4, 0.5) is 8.78 Å². The lowest BCUT2D eigenvalue weighted by molar-refractivity contribution is 0.0945. The van der Waals surface area contributed by atoms with Gasteiger partial charge in [0.25, 0.3) is 5.91 Å². The van der Waals surface area contributed by atoms with Crippen LogP contribution in [0.2, 0.25) is 0 Å². The van der Waals surface area contributed by atoms with Gasteiger partial charge in [-0.05, 0) is 24.3 Å². The smallest absolute Gasteiger partial charge is 0.269 e. The Hall–Kier alpha value is -3.42. The van der Waals surface area contributed by atoms with Gasteiger partial charge in [0.15, 0.2) is 0 Å². The highest BCUT2D eigenvalue weighted by Crippen LogP contribution is 2.32. The van der Waals surface area contributed by atoms with Gasteiger partial charge in [0.05, 0.1) is 19.9 Å². The lowest BCUT2D eigenvalue weighted by Gasteiger charge is -2.08. The van der Waals surface area contributed by atoms with Gasteiger partial charge in [0, 0.05) is 29.8 Å². The van der Waals surface area contributed by atoms with Gasteiger partial charge in [0.1, 0.15) is 28.8 Å². The maximum Gasteiger partial charge on any atom is 0.269 e. The van der Waals surface area contributed by atoms with Crippen molar-refractivity contribution < 1.29 is 23.0 Å². The molecule has 1 aromatic heterocycles. The Kier molecular flexibility index (Phi) is 5.35. The van der Waals surface area contributed by atoms with Crippen molar-refractivity contribution in [1.82, 2.24) is 15.5 Å². The van der Waals surface area contributed by atoms with Gasteiger partial charge in [-0.2, -0.15) is 5.10 Å². The molecule has 1 heterocycles. The summed E-state index contributed by atoms with van der Waals surface area (Å²) >= 11 is 0. The lowest BCUT2D eigenvalue weighted by Crippen LogP contribution is -2.23. The zero-order valence-corrected chi connectivity index (χ0v) is 14.7. The summed E-state index contributed by atoms with van der Waals surface area (Å²) in [6.45, 7) is -0.0782. The van der Waals surface area contributed by atoms with Gasteiger partial charge < -0.3 is 14.8 Å². The summed E-state index contributed by atoms with van der Waals surface area (Å²) in [6.07, 6.45) is 0. The highest BCUT2D eigenvalue weighted by molar-refractivity contribution is 5.93. The predicted molar refractivity (Wildman–Crippen MR) is 94.7 cm³/mol. The number of carbonyl (C=O) groups is 1. The molecule has 0 spiro atoms. The fraction of sp³-hybridized carbons (Fsp3) is 0.158. The van der Waals surface area contributed by atoms with Crippen molar-refractivity contribution in [2.24, 2.45) is 0 Å². The molecule has 140 valence electrons. The van der Waals surface area contributed by atoms with Crippen LogP contribution in [-0.4, -0.2) is 30.3 Å². The van der Waals surface area contributed by atoms with Crippen LogP contribution in [0, 0.1) is 11.6 Å². The fourth-order valence-corrected chi connectivity index (χ4v) is 2.52. The molecule has 2 N–H and O–H groups in total. The maximum absolute atomic E-state index is 13.6. The standard InChI is InChI=1S/C19H17F2N3O3/c1-26-13-5-6-14(18(8-13)27-2)16-9-17(24-23-16)19(25)22-10-11-3-4-12(20)7-15(11)21/h3-9H,10H2,1-2H3,(H,22,25)(H,23,24). The molecule has 27 heavy (non-hydrogen) atoms. The Bertz CT molecular complexity index is 973. The van der Waals surface area contributed by atoms with E-state index in [0.717, 1.165) is 12.1 Å². The maximum atomic E-state index is 13.6. The number of rotatable bonds is 6. The molecule has 1 amide bonds. The average Bonchev–Trinajstić information content (AvgIpc) is 3.16. The van der Waals surface area contributed by atoms with Crippen LogP contribution in [0.1, 0.15) is 16.1 Å².